The number of aromatic nitrogens is 3. The molecule has 2 aromatic carbocycles. The van der Waals surface area contributed by atoms with Crippen LogP contribution in [0.4, 0.5) is 14.9 Å². The zero-order valence-corrected chi connectivity index (χ0v) is 13.4. The molecular weight excluding hydrogens is 321 g/mol. The van der Waals surface area contributed by atoms with E-state index in [4.69, 9.17) is 0 Å². The molecule has 6 nitrogen and oxygen atoms in total. The second kappa shape index (κ2) is 6.35. The van der Waals surface area contributed by atoms with Crippen molar-refractivity contribution in [3.05, 3.63) is 66.1 Å². The van der Waals surface area contributed by atoms with Gasteiger partial charge in [0.25, 0.3) is 0 Å². The Balaban J connectivity index is 1.55. The van der Waals surface area contributed by atoms with Gasteiger partial charge in [-0.15, -0.1) is 5.10 Å². The molecule has 1 N–H and O–H groups in total. The first-order valence-corrected chi connectivity index (χ1v) is 8.00. The van der Waals surface area contributed by atoms with Gasteiger partial charge in [0.1, 0.15) is 11.5 Å². The molecule has 0 radical (unpaired) electrons. The van der Waals surface area contributed by atoms with E-state index < -0.39 is 0 Å². The van der Waals surface area contributed by atoms with Gasteiger partial charge >= 0.3 is 6.03 Å². The lowest BCUT2D eigenvalue weighted by Gasteiger charge is -2.27. The highest BCUT2D eigenvalue weighted by atomic mass is 19.1. The summed E-state index contributed by atoms with van der Waals surface area (Å²) < 4.78 is 14.9. The van der Waals surface area contributed by atoms with Gasteiger partial charge in [-0.25, -0.2) is 13.9 Å². The van der Waals surface area contributed by atoms with Crippen LogP contribution in [0.15, 0.2) is 54.6 Å². The predicted molar refractivity (Wildman–Crippen MR) is 91.3 cm³/mol. The Hall–Kier alpha value is -3.22. The third-order valence-corrected chi connectivity index (χ3v) is 4.19. The van der Waals surface area contributed by atoms with Crippen LogP contribution in [-0.4, -0.2) is 32.5 Å². The van der Waals surface area contributed by atoms with E-state index in [1.807, 2.05) is 30.3 Å². The highest BCUT2D eigenvalue weighted by molar-refractivity contribution is 5.89. The van der Waals surface area contributed by atoms with Crippen molar-refractivity contribution >= 4 is 11.7 Å². The molecule has 1 aromatic heterocycles. The first-order valence-electron chi connectivity index (χ1n) is 8.00. The molecule has 2 heterocycles. The monoisotopic (exact) mass is 337 g/mol. The van der Waals surface area contributed by atoms with E-state index in [0.717, 1.165) is 16.9 Å². The first kappa shape index (κ1) is 15.3. The Bertz CT molecular complexity index is 892. The number of carbonyl (C=O) groups excluding carboxylic acids is 1. The molecule has 4 rings (SSSR count). The summed E-state index contributed by atoms with van der Waals surface area (Å²) in [5.41, 5.74) is 3.06. The topological polar surface area (TPSA) is 63.1 Å². The minimum Gasteiger partial charge on any atom is -0.317 e. The molecule has 25 heavy (non-hydrogen) atoms. The maximum Gasteiger partial charge on any atom is 0.322 e. The van der Waals surface area contributed by atoms with E-state index in [0.29, 0.717) is 25.3 Å². The van der Waals surface area contributed by atoms with Gasteiger partial charge in [0, 0.05) is 17.8 Å². The van der Waals surface area contributed by atoms with Crippen molar-refractivity contribution in [2.24, 2.45) is 0 Å². The molecular formula is C18H16FN5O. The third kappa shape index (κ3) is 3.08. The van der Waals surface area contributed by atoms with Crippen molar-refractivity contribution in [1.82, 2.24) is 19.9 Å². The van der Waals surface area contributed by atoms with Crippen molar-refractivity contribution in [2.45, 2.75) is 13.1 Å². The van der Waals surface area contributed by atoms with Crippen molar-refractivity contribution < 1.29 is 9.18 Å². The summed E-state index contributed by atoms with van der Waals surface area (Å²) in [6, 6.07) is 15.3. The van der Waals surface area contributed by atoms with Crippen LogP contribution in [0, 0.1) is 5.82 Å². The Morgan fingerprint density at radius 1 is 1.04 bits per heavy atom. The van der Waals surface area contributed by atoms with E-state index in [1.54, 1.807) is 21.7 Å². The van der Waals surface area contributed by atoms with Crippen LogP contribution in [0.25, 0.3) is 11.3 Å². The molecule has 0 atom stereocenters. The smallest absolute Gasteiger partial charge is 0.317 e. The van der Waals surface area contributed by atoms with E-state index in [1.165, 1.54) is 12.1 Å². The van der Waals surface area contributed by atoms with Crippen molar-refractivity contribution in [1.29, 1.82) is 0 Å². The number of urea groups is 1. The average Bonchev–Trinajstić information content (AvgIpc) is 3.06. The highest BCUT2D eigenvalue weighted by Gasteiger charge is 2.25. The van der Waals surface area contributed by atoms with Crippen LogP contribution in [0.3, 0.4) is 0 Å². The lowest BCUT2D eigenvalue weighted by atomic mass is 10.1. The van der Waals surface area contributed by atoms with Gasteiger partial charge in [0.05, 0.1) is 18.8 Å². The number of rotatable bonds is 2. The van der Waals surface area contributed by atoms with E-state index in [-0.39, 0.29) is 11.8 Å². The molecule has 0 fully saturated rings. The molecule has 1 aliphatic heterocycles. The van der Waals surface area contributed by atoms with E-state index >= 15 is 0 Å². The van der Waals surface area contributed by atoms with Crippen LogP contribution in [0.2, 0.25) is 0 Å². The number of halogens is 1. The molecule has 0 aliphatic carbocycles. The van der Waals surface area contributed by atoms with Crippen molar-refractivity contribution in [3.8, 4) is 11.3 Å². The molecule has 1 aliphatic rings. The summed E-state index contributed by atoms with van der Waals surface area (Å²) in [5.74, 6) is -0.298. The summed E-state index contributed by atoms with van der Waals surface area (Å²) in [4.78, 5) is 14.2. The molecule has 2 amide bonds. The van der Waals surface area contributed by atoms with Gasteiger partial charge in [-0.3, -0.25) is 0 Å². The molecule has 0 bridgehead atoms. The van der Waals surface area contributed by atoms with Crippen LogP contribution < -0.4 is 5.32 Å². The fourth-order valence-electron chi connectivity index (χ4n) is 2.87. The standard InChI is InChI=1S/C18H16FN5O/c19-14-8-6-13(7-9-14)17-16-12-23(10-11-24(16)22-21-17)18(25)20-15-4-2-1-3-5-15/h1-9H,10-12H2,(H,20,25). The van der Waals surface area contributed by atoms with Gasteiger partial charge < -0.3 is 10.2 Å². The zero-order valence-electron chi connectivity index (χ0n) is 13.4. The molecule has 0 saturated heterocycles. The summed E-state index contributed by atoms with van der Waals surface area (Å²) in [5, 5.41) is 11.2. The summed E-state index contributed by atoms with van der Waals surface area (Å²) in [6.07, 6.45) is 0. The number of nitrogens with one attached hydrogen (secondary N) is 1. The minimum atomic E-state index is -0.298. The Morgan fingerprint density at radius 2 is 1.80 bits per heavy atom. The van der Waals surface area contributed by atoms with Gasteiger partial charge in [-0.2, -0.15) is 0 Å². The van der Waals surface area contributed by atoms with Crippen LogP contribution in [0.5, 0.6) is 0 Å². The number of benzene rings is 2. The number of amides is 2. The first-order chi connectivity index (χ1) is 12.2. The number of hydrogen-bond donors (Lipinski definition) is 1. The van der Waals surface area contributed by atoms with Gasteiger partial charge in [0.2, 0.25) is 0 Å². The maximum atomic E-state index is 13.1. The molecule has 0 saturated carbocycles. The van der Waals surface area contributed by atoms with Crippen molar-refractivity contribution in [3.63, 3.8) is 0 Å². The number of anilines is 1. The number of fused-ring (bicyclic) bond motifs is 1. The SMILES string of the molecule is O=C(Nc1ccccc1)N1CCn2nnc(-c3ccc(F)cc3)c2C1. The molecule has 126 valence electrons. The Morgan fingerprint density at radius 3 is 2.56 bits per heavy atom. The van der Waals surface area contributed by atoms with E-state index in [9.17, 15) is 9.18 Å². The fourth-order valence-corrected chi connectivity index (χ4v) is 2.87. The second-order valence-corrected chi connectivity index (χ2v) is 5.83. The quantitative estimate of drug-likeness (QED) is 0.781. The Labute approximate surface area is 143 Å². The highest BCUT2D eigenvalue weighted by Crippen LogP contribution is 2.25. The average molecular weight is 337 g/mol. The zero-order chi connectivity index (χ0) is 17.2. The minimum absolute atomic E-state index is 0.163. The largest absolute Gasteiger partial charge is 0.322 e. The number of hydrogen-bond acceptors (Lipinski definition) is 3. The maximum absolute atomic E-state index is 13.1. The van der Waals surface area contributed by atoms with Crippen LogP contribution in [0.1, 0.15) is 5.69 Å². The third-order valence-electron chi connectivity index (χ3n) is 4.19. The normalized spacial score (nSPS) is 13.4. The lowest BCUT2D eigenvalue weighted by molar-refractivity contribution is 0.194. The fraction of sp³-hybridized carbons (Fsp3) is 0.167. The number of carbonyl (C=O) groups is 1. The van der Waals surface area contributed by atoms with Crippen molar-refractivity contribution in [2.75, 3.05) is 11.9 Å². The van der Waals surface area contributed by atoms with Crippen LogP contribution in [-0.2, 0) is 13.1 Å². The molecule has 3 aromatic rings. The van der Waals surface area contributed by atoms with E-state index in [2.05, 4.69) is 15.6 Å². The lowest BCUT2D eigenvalue weighted by Crippen LogP contribution is -2.41. The number of para-hydroxylation sites is 1. The second-order valence-electron chi connectivity index (χ2n) is 5.83. The molecule has 0 spiro atoms. The summed E-state index contributed by atoms with van der Waals surface area (Å²) in [7, 11) is 0. The van der Waals surface area contributed by atoms with Gasteiger partial charge in [-0.1, -0.05) is 23.4 Å². The predicted octanol–water partition coefficient (Wildman–Crippen LogP) is 3.13. The summed E-state index contributed by atoms with van der Waals surface area (Å²) in [6.45, 7) is 1.53. The van der Waals surface area contributed by atoms with Gasteiger partial charge in [-0.05, 0) is 36.4 Å². The van der Waals surface area contributed by atoms with Gasteiger partial charge in [0.15, 0.2) is 0 Å². The van der Waals surface area contributed by atoms with Crippen LogP contribution >= 0.6 is 0 Å². The Kier molecular flexibility index (Phi) is 3.89. The molecule has 7 heteroatoms. The molecule has 0 unspecified atom stereocenters. The summed E-state index contributed by atoms with van der Waals surface area (Å²) >= 11 is 0. The number of nitrogens with zero attached hydrogens (tertiary/aromatic N) is 4.